The van der Waals surface area contributed by atoms with Gasteiger partial charge in [0.25, 0.3) is 0 Å². The summed E-state index contributed by atoms with van der Waals surface area (Å²) in [7, 11) is 0. The molecule has 0 heterocycles. The van der Waals surface area contributed by atoms with Crippen molar-refractivity contribution in [1.29, 1.82) is 0 Å². The zero-order valence-corrected chi connectivity index (χ0v) is 7.44. The normalized spacial score (nSPS) is 14.5. The van der Waals surface area contributed by atoms with E-state index in [0.29, 0.717) is 5.41 Å². The fraction of sp³-hybridized carbons (Fsp3) is 0.455. The van der Waals surface area contributed by atoms with Gasteiger partial charge >= 0.3 is 0 Å². The summed E-state index contributed by atoms with van der Waals surface area (Å²) in [5, 5.41) is 0. The summed E-state index contributed by atoms with van der Waals surface area (Å²) < 4.78 is 0. The Morgan fingerprint density at radius 2 is 1.82 bits per heavy atom. The minimum absolute atomic E-state index is 0.317. The van der Waals surface area contributed by atoms with E-state index in [1.54, 1.807) is 5.56 Å². The first kappa shape index (κ1) is 6.90. The topological polar surface area (TPSA) is 0 Å². The van der Waals surface area contributed by atoms with Crippen LogP contribution in [0.25, 0.3) is 0 Å². The fourth-order valence-electron chi connectivity index (χ4n) is 1.36. The maximum Gasteiger partial charge on any atom is -0.00200 e. The predicted molar refractivity (Wildman–Crippen MR) is 47.9 cm³/mol. The average molecular weight is 146 g/mol. The van der Waals surface area contributed by atoms with Crippen molar-refractivity contribution in [3.63, 3.8) is 0 Å². The molecule has 1 aliphatic carbocycles. The summed E-state index contributed by atoms with van der Waals surface area (Å²) >= 11 is 0. The molecule has 0 saturated heterocycles. The third kappa shape index (κ3) is 1.18. The summed E-state index contributed by atoms with van der Waals surface area (Å²) in [6.45, 7) is 6.78. The molecule has 0 heteroatoms. The maximum absolute atomic E-state index is 2.34. The van der Waals surface area contributed by atoms with Crippen molar-refractivity contribution in [3.05, 3.63) is 34.9 Å². The number of rotatable bonds is 0. The monoisotopic (exact) mass is 146 g/mol. The van der Waals surface area contributed by atoms with Gasteiger partial charge in [0.2, 0.25) is 0 Å². The Kier molecular flexibility index (Phi) is 1.18. The number of hydrogen-bond acceptors (Lipinski definition) is 0. The van der Waals surface area contributed by atoms with E-state index >= 15 is 0 Å². The molecule has 11 heavy (non-hydrogen) atoms. The highest BCUT2D eigenvalue weighted by Gasteiger charge is 2.20. The molecule has 0 aromatic heterocycles. The van der Waals surface area contributed by atoms with Crippen LogP contribution in [0, 0.1) is 0 Å². The molecule has 0 N–H and O–H groups in total. The molecule has 0 bridgehead atoms. The second-order valence-electron chi connectivity index (χ2n) is 4.41. The van der Waals surface area contributed by atoms with Gasteiger partial charge < -0.3 is 0 Å². The summed E-state index contributed by atoms with van der Waals surface area (Å²) in [5.41, 5.74) is 4.88. The van der Waals surface area contributed by atoms with Gasteiger partial charge in [0.05, 0.1) is 0 Å². The quantitative estimate of drug-likeness (QED) is 0.536. The van der Waals surface area contributed by atoms with E-state index in [1.807, 2.05) is 0 Å². The van der Waals surface area contributed by atoms with Gasteiger partial charge in [0, 0.05) is 0 Å². The predicted octanol–water partition coefficient (Wildman–Crippen LogP) is 2.89. The molecule has 0 aliphatic heterocycles. The standard InChI is InChI=1S/C11H14/c1-11(2,3)10-5-4-8-6-9(8)7-10/h4-5,7H,6H2,1-3H3. The summed E-state index contributed by atoms with van der Waals surface area (Å²) in [6, 6.07) is 6.86. The van der Waals surface area contributed by atoms with E-state index in [4.69, 9.17) is 0 Å². The van der Waals surface area contributed by atoms with Crippen molar-refractivity contribution in [2.24, 2.45) is 0 Å². The summed E-state index contributed by atoms with van der Waals surface area (Å²) in [4.78, 5) is 0. The molecular weight excluding hydrogens is 132 g/mol. The maximum atomic E-state index is 2.34. The van der Waals surface area contributed by atoms with Gasteiger partial charge in [-0.1, -0.05) is 39.0 Å². The SMILES string of the molecule is CC(C)(C)c1ccc2c(c1)C2. The third-order valence-electron chi connectivity index (χ3n) is 2.33. The molecule has 0 fully saturated rings. The number of hydrogen-bond donors (Lipinski definition) is 0. The van der Waals surface area contributed by atoms with E-state index in [0.717, 1.165) is 0 Å². The van der Waals surface area contributed by atoms with Gasteiger partial charge in [0.15, 0.2) is 0 Å². The van der Waals surface area contributed by atoms with E-state index < -0.39 is 0 Å². The van der Waals surface area contributed by atoms with E-state index in [9.17, 15) is 0 Å². The first-order chi connectivity index (χ1) is 5.07. The molecular formula is C11H14. The van der Waals surface area contributed by atoms with Gasteiger partial charge in [-0.3, -0.25) is 0 Å². The molecule has 2 rings (SSSR count). The van der Waals surface area contributed by atoms with Gasteiger partial charge in [-0.05, 0) is 28.5 Å². The van der Waals surface area contributed by atoms with Gasteiger partial charge in [-0.2, -0.15) is 0 Å². The second kappa shape index (κ2) is 1.88. The second-order valence-corrected chi connectivity index (χ2v) is 4.41. The van der Waals surface area contributed by atoms with Crippen LogP contribution < -0.4 is 0 Å². The smallest absolute Gasteiger partial charge is 0.00200 e. The number of benzene rings is 1. The van der Waals surface area contributed by atoms with Crippen molar-refractivity contribution in [2.45, 2.75) is 32.6 Å². The molecule has 1 aromatic carbocycles. The average Bonchev–Trinajstić information content (AvgIpc) is 2.60. The fourth-order valence-corrected chi connectivity index (χ4v) is 1.36. The lowest BCUT2D eigenvalue weighted by molar-refractivity contribution is 0.590. The van der Waals surface area contributed by atoms with Crippen LogP contribution in [0.4, 0.5) is 0 Å². The van der Waals surface area contributed by atoms with Crippen molar-refractivity contribution < 1.29 is 0 Å². The highest BCUT2D eigenvalue weighted by atomic mass is 14.2. The van der Waals surface area contributed by atoms with Crippen LogP contribution in [0.15, 0.2) is 18.2 Å². The van der Waals surface area contributed by atoms with Gasteiger partial charge in [-0.25, -0.2) is 0 Å². The molecule has 0 unspecified atom stereocenters. The summed E-state index contributed by atoms with van der Waals surface area (Å²) in [5.74, 6) is 0. The Morgan fingerprint density at radius 1 is 1.09 bits per heavy atom. The first-order valence-corrected chi connectivity index (χ1v) is 4.20. The molecule has 0 amide bonds. The zero-order chi connectivity index (χ0) is 8.06. The Morgan fingerprint density at radius 3 is 2.36 bits per heavy atom. The highest BCUT2D eigenvalue weighted by molar-refractivity contribution is 5.48. The van der Waals surface area contributed by atoms with Gasteiger partial charge in [-0.15, -0.1) is 0 Å². The van der Waals surface area contributed by atoms with Crippen LogP contribution in [0.5, 0.6) is 0 Å². The largest absolute Gasteiger partial charge is 0.0582 e. The molecule has 1 aromatic rings. The Hall–Kier alpha value is -0.780. The van der Waals surface area contributed by atoms with Crippen molar-refractivity contribution in [1.82, 2.24) is 0 Å². The lowest BCUT2D eigenvalue weighted by Crippen LogP contribution is -2.10. The molecule has 58 valence electrons. The van der Waals surface area contributed by atoms with Crippen molar-refractivity contribution >= 4 is 0 Å². The van der Waals surface area contributed by atoms with Crippen LogP contribution in [-0.4, -0.2) is 0 Å². The molecule has 0 radical (unpaired) electrons. The van der Waals surface area contributed by atoms with Gasteiger partial charge in [0.1, 0.15) is 0 Å². The van der Waals surface area contributed by atoms with Crippen molar-refractivity contribution in [3.8, 4) is 0 Å². The van der Waals surface area contributed by atoms with Crippen LogP contribution in [0.3, 0.4) is 0 Å². The van der Waals surface area contributed by atoms with E-state index in [2.05, 4.69) is 39.0 Å². The first-order valence-electron chi connectivity index (χ1n) is 4.20. The molecule has 0 saturated carbocycles. The van der Waals surface area contributed by atoms with Crippen LogP contribution in [0.2, 0.25) is 0 Å². The van der Waals surface area contributed by atoms with E-state index in [1.165, 1.54) is 17.5 Å². The Bertz CT molecular complexity index is 289. The van der Waals surface area contributed by atoms with Crippen LogP contribution >= 0.6 is 0 Å². The third-order valence-corrected chi connectivity index (χ3v) is 2.33. The van der Waals surface area contributed by atoms with E-state index in [-0.39, 0.29) is 0 Å². The van der Waals surface area contributed by atoms with Crippen molar-refractivity contribution in [2.75, 3.05) is 0 Å². The molecule has 0 nitrogen and oxygen atoms in total. The molecule has 0 spiro atoms. The zero-order valence-electron chi connectivity index (χ0n) is 7.44. The number of fused-ring (bicyclic) bond motifs is 1. The minimum atomic E-state index is 0.317. The lowest BCUT2D eigenvalue weighted by Gasteiger charge is -2.18. The highest BCUT2D eigenvalue weighted by Crippen LogP contribution is 2.32. The van der Waals surface area contributed by atoms with Crippen LogP contribution in [0.1, 0.15) is 37.5 Å². The Labute approximate surface area is 68.3 Å². The summed E-state index contributed by atoms with van der Waals surface area (Å²) in [6.07, 6.45) is 1.23. The molecule has 0 atom stereocenters. The van der Waals surface area contributed by atoms with Crippen LogP contribution in [-0.2, 0) is 11.8 Å². The molecule has 1 aliphatic rings. The Balaban J connectivity index is 2.42. The lowest BCUT2D eigenvalue weighted by atomic mass is 9.87. The minimum Gasteiger partial charge on any atom is -0.0582 e.